The van der Waals surface area contributed by atoms with E-state index in [1.807, 2.05) is 72.8 Å². The molecule has 0 aliphatic carbocycles. The minimum atomic E-state index is -0.628. The quantitative estimate of drug-likeness (QED) is 0.193. The fourth-order valence-corrected chi connectivity index (χ4v) is 7.61. The smallest absolute Gasteiger partial charge is 0.326 e. The van der Waals surface area contributed by atoms with Gasteiger partial charge in [-0.1, -0.05) is 83.3 Å². The zero-order chi connectivity index (χ0) is 32.9. The molecule has 0 saturated carbocycles. The molecular formula is C34H30N4O7S2. The van der Waals surface area contributed by atoms with Crippen LogP contribution in [-0.2, 0) is 46.5 Å². The van der Waals surface area contributed by atoms with Crippen LogP contribution < -0.4 is 9.60 Å². The summed E-state index contributed by atoms with van der Waals surface area (Å²) in [6, 6.07) is 23.3. The van der Waals surface area contributed by atoms with Gasteiger partial charge in [-0.15, -0.1) is 0 Å². The molecule has 2 amide bonds. The average molecular weight is 671 g/mol. The lowest BCUT2D eigenvalue weighted by atomic mass is 10.1. The van der Waals surface area contributed by atoms with E-state index < -0.39 is 37.0 Å². The third kappa shape index (κ3) is 6.92. The summed E-state index contributed by atoms with van der Waals surface area (Å²) in [5, 5.41) is 3.98. The van der Waals surface area contributed by atoms with Gasteiger partial charge in [-0.3, -0.25) is 19.2 Å². The number of hydrogen-bond acceptors (Lipinski definition) is 9. The molecule has 0 fully saturated rings. The molecule has 2 heterocycles. The first-order valence-corrected chi connectivity index (χ1v) is 16.6. The van der Waals surface area contributed by atoms with E-state index in [2.05, 4.69) is 9.98 Å². The van der Waals surface area contributed by atoms with Crippen molar-refractivity contribution in [3.63, 3.8) is 0 Å². The largest absolute Gasteiger partial charge is 0.465 e. The fourth-order valence-electron chi connectivity index (χ4n) is 5.25. The van der Waals surface area contributed by atoms with Gasteiger partial charge in [0, 0.05) is 10.8 Å². The Bertz CT molecular complexity index is 2150. The van der Waals surface area contributed by atoms with Gasteiger partial charge in [-0.2, -0.15) is 9.98 Å². The normalized spacial score (nSPS) is 12.4. The van der Waals surface area contributed by atoms with Crippen molar-refractivity contribution in [2.75, 3.05) is 26.4 Å². The van der Waals surface area contributed by atoms with Gasteiger partial charge in [-0.05, 0) is 36.8 Å². The summed E-state index contributed by atoms with van der Waals surface area (Å²) in [6.07, 6.45) is 0. The first kappa shape index (κ1) is 32.0. The summed E-state index contributed by atoms with van der Waals surface area (Å²) in [6.45, 7) is 2.71. The molecule has 0 atom stereocenters. The molecule has 0 aliphatic rings. The van der Waals surface area contributed by atoms with E-state index in [1.165, 1.54) is 22.7 Å². The molecular weight excluding hydrogens is 641 g/mol. The number of fused-ring (bicyclic) bond motifs is 6. The van der Waals surface area contributed by atoms with Crippen molar-refractivity contribution < 1.29 is 33.4 Å². The second kappa shape index (κ2) is 14.2. The zero-order valence-electron chi connectivity index (χ0n) is 25.6. The molecule has 0 radical (unpaired) electrons. The summed E-state index contributed by atoms with van der Waals surface area (Å²) in [5.41, 5.74) is 1.49. The van der Waals surface area contributed by atoms with Crippen LogP contribution in [0.3, 0.4) is 0 Å². The predicted octanol–water partition coefficient (Wildman–Crippen LogP) is 4.72. The Morgan fingerprint density at radius 3 is 1.47 bits per heavy atom. The van der Waals surface area contributed by atoms with Crippen molar-refractivity contribution in [3.8, 4) is 0 Å². The monoisotopic (exact) mass is 670 g/mol. The lowest BCUT2D eigenvalue weighted by molar-refractivity contribution is -0.144. The van der Waals surface area contributed by atoms with E-state index in [-0.39, 0.29) is 26.3 Å². The van der Waals surface area contributed by atoms with Crippen LogP contribution in [0.1, 0.15) is 13.8 Å². The van der Waals surface area contributed by atoms with Gasteiger partial charge in [-0.25, -0.2) is 0 Å². The van der Waals surface area contributed by atoms with E-state index in [1.54, 1.807) is 23.0 Å². The number of nitrogens with zero attached hydrogens (tertiary/aromatic N) is 4. The maximum atomic E-state index is 12.9. The molecule has 13 heteroatoms. The number of amides is 2. The third-order valence-corrected chi connectivity index (χ3v) is 9.48. The van der Waals surface area contributed by atoms with Crippen LogP contribution in [-0.4, -0.2) is 59.3 Å². The standard InChI is InChI=1S/C34H30N4O7S2/c1-3-44-29(41)17-37-25-15-13-21-9-5-7-11-23(21)31(25)46-33(37)35-27(39)19-43-20-28(40)36-34-38(18-30(42)45-4-2)26-16-14-22-10-6-8-12-24(22)32(26)47-34/h5-16H,3-4,17-20H2,1-2H3. The highest BCUT2D eigenvalue weighted by molar-refractivity contribution is 7.17. The number of ether oxygens (including phenoxy) is 3. The molecule has 11 nitrogen and oxygen atoms in total. The lowest BCUT2D eigenvalue weighted by Crippen LogP contribution is -2.25. The summed E-state index contributed by atoms with van der Waals surface area (Å²) in [7, 11) is 0. The highest BCUT2D eigenvalue weighted by atomic mass is 32.1. The van der Waals surface area contributed by atoms with Crippen molar-refractivity contribution >= 4 is 88.4 Å². The SMILES string of the molecule is CCOC(=O)Cn1c(=NC(=O)COCC(=O)N=c2sc3c4ccccc4ccc3n2CC(=O)OCC)sc2c3ccccc3ccc21. The van der Waals surface area contributed by atoms with Gasteiger partial charge in [0.25, 0.3) is 11.8 Å². The number of carbonyl (C=O) groups is 4. The lowest BCUT2D eigenvalue weighted by Gasteiger charge is -2.06. The summed E-state index contributed by atoms with van der Waals surface area (Å²) in [4.78, 5) is 59.8. The molecule has 6 aromatic rings. The highest BCUT2D eigenvalue weighted by Gasteiger charge is 2.16. The van der Waals surface area contributed by atoms with Gasteiger partial charge in [0.05, 0.1) is 33.6 Å². The molecule has 0 saturated heterocycles. The Hall–Kier alpha value is -4.98. The molecule has 0 aliphatic heterocycles. The number of thiazole rings is 2. The van der Waals surface area contributed by atoms with Gasteiger partial charge < -0.3 is 23.3 Å². The van der Waals surface area contributed by atoms with Crippen LogP contribution in [0.15, 0.2) is 82.8 Å². The predicted molar refractivity (Wildman–Crippen MR) is 180 cm³/mol. The van der Waals surface area contributed by atoms with Crippen LogP contribution >= 0.6 is 22.7 Å². The van der Waals surface area contributed by atoms with Crippen LogP contribution in [0, 0.1) is 0 Å². The Morgan fingerprint density at radius 2 is 1.04 bits per heavy atom. The van der Waals surface area contributed by atoms with Crippen molar-refractivity contribution in [2.45, 2.75) is 26.9 Å². The van der Waals surface area contributed by atoms with Crippen LogP contribution in [0.5, 0.6) is 0 Å². The Balaban J connectivity index is 1.24. The second-order valence-corrected chi connectivity index (χ2v) is 12.3. The summed E-state index contributed by atoms with van der Waals surface area (Å²) < 4.78 is 20.8. The highest BCUT2D eigenvalue weighted by Crippen LogP contribution is 2.29. The van der Waals surface area contributed by atoms with Gasteiger partial charge in [0.1, 0.15) is 26.3 Å². The molecule has 240 valence electrons. The Labute approximate surface area is 276 Å². The number of aromatic nitrogens is 2. The maximum absolute atomic E-state index is 12.9. The number of esters is 2. The average Bonchev–Trinajstić information content (AvgIpc) is 3.58. The molecule has 6 rings (SSSR count). The zero-order valence-corrected chi connectivity index (χ0v) is 27.3. The number of rotatable bonds is 10. The van der Waals surface area contributed by atoms with Gasteiger partial charge in [0.15, 0.2) is 9.60 Å². The van der Waals surface area contributed by atoms with Crippen LogP contribution in [0.2, 0.25) is 0 Å². The van der Waals surface area contributed by atoms with Crippen molar-refractivity contribution in [1.29, 1.82) is 0 Å². The Kier molecular flexibility index (Phi) is 9.66. The van der Waals surface area contributed by atoms with E-state index in [9.17, 15) is 19.2 Å². The van der Waals surface area contributed by atoms with Crippen molar-refractivity contribution in [3.05, 3.63) is 82.4 Å². The van der Waals surface area contributed by atoms with E-state index in [4.69, 9.17) is 14.2 Å². The molecule has 0 spiro atoms. The van der Waals surface area contributed by atoms with Crippen molar-refractivity contribution in [2.24, 2.45) is 9.98 Å². The molecule has 0 unspecified atom stereocenters. The van der Waals surface area contributed by atoms with Gasteiger partial charge >= 0.3 is 11.9 Å². The number of carbonyl (C=O) groups excluding carboxylic acids is 4. The maximum Gasteiger partial charge on any atom is 0.326 e. The Morgan fingerprint density at radius 1 is 0.617 bits per heavy atom. The van der Waals surface area contributed by atoms with Crippen molar-refractivity contribution in [1.82, 2.24) is 9.13 Å². The molecule has 0 N–H and O–H groups in total. The number of benzene rings is 4. The molecule has 2 aromatic heterocycles. The first-order valence-electron chi connectivity index (χ1n) is 14.9. The van der Waals surface area contributed by atoms with Crippen LogP contribution in [0.25, 0.3) is 42.0 Å². The minimum absolute atomic E-state index is 0.118. The molecule has 0 bridgehead atoms. The first-order chi connectivity index (χ1) is 22.9. The summed E-state index contributed by atoms with van der Waals surface area (Å²) >= 11 is 2.57. The van der Waals surface area contributed by atoms with E-state index >= 15 is 0 Å². The molecule has 4 aromatic carbocycles. The third-order valence-electron chi connectivity index (χ3n) is 7.22. The summed E-state index contributed by atoms with van der Waals surface area (Å²) in [5.74, 6) is -2.16. The van der Waals surface area contributed by atoms with Crippen LogP contribution in [0.4, 0.5) is 0 Å². The van der Waals surface area contributed by atoms with E-state index in [0.29, 0.717) is 9.60 Å². The van der Waals surface area contributed by atoms with Gasteiger partial charge in [0.2, 0.25) is 0 Å². The topological polar surface area (TPSA) is 131 Å². The minimum Gasteiger partial charge on any atom is -0.465 e. The van der Waals surface area contributed by atoms with E-state index in [0.717, 1.165) is 42.0 Å². The molecule has 47 heavy (non-hydrogen) atoms. The number of hydrogen-bond donors (Lipinski definition) is 0. The fraction of sp³-hybridized carbons (Fsp3) is 0.235. The second-order valence-electron chi connectivity index (χ2n) is 10.3.